The Morgan fingerprint density at radius 2 is 1.95 bits per heavy atom. The molecule has 1 saturated heterocycles. The summed E-state index contributed by atoms with van der Waals surface area (Å²) in [4.78, 5) is 27.8. The highest BCUT2D eigenvalue weighted by atomic mass is 19.1. The maximum absolute atomic E-state index is 15.0. The summed E-state index contributed by atoms with van der Waals surface area (Å²) in [6.45, 7) is 5.46. The molecule has 13 nitrogen and oxygen atoms in total. The molecule has 1 aromatic carbocycles. The average molecular weight is 562 g/mol. The standard InChI is InChI=1S/C27H32FN11O2/c1-35(2)8-7-30-26(40)18-5-6-21(20(28)16-18)37-12-9-36(10-13-37)11-14-38-24-19(17-31-38)25-32-23(22-4-3-15-41-22)34-39(25)27(29)33-24/h3-6,15-17H,7-14H2,1-2H3,(H2,29,33)(H,30,40). The number of carbonyl (C=O) groups is 1. The highest BCUT2D eigenvalue weighted by molar-refractivity contribution is 5.94. The van der Waals surface area contributed by atoms with E-state index in [0.29, 0.717) is 60.3 Å². The molecule has 0 atom stereocenters. The molecule has 0 radical (unpaired) electrons. The Bertz CT molecular complexity index is 1670. The molecule has 0 spiro atoms. The number of rotatable bonds is 9. The first-order valence-electron chi connectivity index (χ1n) is 13.5. The smallest absolute Gasteiger partial charge is 0.251 e. The third kappa shape index (κ3) is 5.43. The number of aromatic nitrogens is 6. The highest BCUT2D eigenvalue weighted by Crippen LogP contribution is 2.24. The van der Waals surface area contributed by atoms with E-state index in [4.69, 9.17) is 10.2 Å². The number of piperazine rings is 1. The summed E-state index contributed by atoms with van der Waals surface area (Å²) in [5.41, 5.74) is 8.25. The molecule has 3 N–H and O–H groups in total. The number of nitrogens with one attached hydrogen (secondary N) is 1. The molecule has 0 saturated carbocycles. The van der Waals surface area contributed by atoms with E-state index in [1.54, 1.807) is 36.7 Å². The largest absolute Gasteiger partial charge is 0.461 e. The summed E-state index contributed by atoms with van der Waals surface area (Å²) in [7, 11) is 3.87. The topological polar surface area (TPSA) is 139 Å². The molecule has 1 aliphatic rings. The highest BCUT2D eigenvalue weighted by Gasteiger charge is 2.22. The summed E-state index contributed by atoms with van der Waals surface area (Å²) in [5.74, 6) is 0.528. The van der Waals surface area contributed by atoms with Gasteiger partial charge in [0.25, 0.3) is 5.91 Å². The lowest BCUT2D eigenvalue weighted by atomic mass is 10.1. The lowest BCUT2D eigenvalue weighted by molar-refractivity contribution is 0.0950. The minimum atomic E-state index is -0.389. The number of carbonyl (C=O) groups excluding carboxylic acids is 1. The fourth-order valence-electron chi connectivity index (χ4n) is 4.98. The number of likely N-dealkylation sites (N-methyl/N-ethyl adjacent to an activating group) is 1. The second-order valence-electron chi connectivity index (χ2n) is 10.3. The van der Waals surface area contributed by atoms with Gasteiger partial charge in [0.05, 0.1) is 30.1 Å². The number of amides is 1. The molecule has 41 heavy (non-hydrogen) atoms. The number of anilines is 2. The van der Waals surface area contributed by atoms with E-state index in [1.807, 2.05) is 28.6 Å². The van der Waals surface area contributed by atoms with Gasteiger partial charge in [-0.1, -0.05) is 0 Å². The predicted octanol–water partition coefficient (Wildman–Crippen LogP) is 1.57. The number of fused-ring (bicyclic) bond motifs is 3. The molecule has 4 aromatic heterocycles. The monoisotopic (exact) mass is 561 g/mol. The normalized spacial score (nSPS) is 14.5. The quantitative estimate of drug-likeness (QED) is 0.273. The molecule has 5 aromatic rings. The van der Waals surface area contributed by atoms with Crippen LogP contribution in [0.1, 0.15) is 10.4 Å². The Kier molecular flexibility index (Phi) is 7.24. The average Bonchev–Trinajstić information content (AvgIpc) is 3.72. The van der Waals surface area contributed by atoms with Crippen LogP contribution in [0.5, 0.6) is 0 Å². The molecule has 6 rings (SSSR count). The van der Waals surface area contributed by atoms with Crippen molar-refractivity contribution in [2.24, 2.45) is 0 Å². The van der Waals surface area contributed by atoms with Crippen molar-refractivity contribution in [1.29, 1.82) is 0 Å². The van der Waals surface area contributed by atoms with Crippen molar-refractivity contribution in [2.75, 3.05) is 70.5 Å². The second-order valence-corrected chi connectivity index (χ2v) is 10.3. The molecule has 1 amide bonds. The van der Waals surface area contributed by atoms with Gasteiger partial charge in [0.2, 0.25) is 11.8 Å². The number of benzene rings is 1. The van der Waals surface area contributed by atoms with Crippen molar-refractivity contribution in [1.82, 2.24) is 44.5 Å². The van der Waals surface area contributed by atoms with Gasteiger partial charge in [-0.2, -0.15) is 14.6 Å². The number of nitrogen functional groups attached to an aromatic ring is 1. The molecule has 214 valence electrons. The van der Waals surface area contributed by atoms with Crippen LogP contribution >= 0.6 is 0 Å². The maximum atomic E-state index is 15.0. The Morgan fingerprint density at radius 1 is 1.12 bits per heavy atom. The molecule has 5 heterocycles. The van der Waals surface area contributed by atoms with Gasteiger partial charge in [-0.3, -0.25) is 9.69 Å². The van der Waals surface area contributed by atoms with E-state index in [0.717, 1.165) is 31.6 Å². The van der Waals surface area contributed by atoms with Gasteiger partial charge >= 0.3 is 0 Å². The number of halogens is 1. The Labute approximate surface area is 235 Å². The van der Waals surface area contributed by atoms with Gasteiger partial charge in [0, 0.05) is 51.4 Å². The van der Waals surface area contributed by atoms with Crippen molar-refractivity contribution in [2.45, 2.75) is 6.54 Å². The lowest BCUT2D eigenvalue weighted by Crippen LogP contribution is -2.47. The van der Waals surface area contributed by atoms with Crippen LogP contribution in [0, 0.1) is 5.82 Å². The molecule has 0 unspecified atom stereocenters. The molecular weight excluding hydrogens is 529 g/mol. The maximum Gasteiger partial charge on any atom is 0.251 e. The summed E-state index contributed by atoms with van der Waals surface area (Å²) in [6, 6.07) is 8.26. The van der Waals surface area contributed by atoms with Crippen LogP contribution in [0.15, 0.2) is 47.2 Å². The Balaban J connectivity index is 1.07. The zero-order valence-corrected chi connectivity index (χ0v) is 23.0. The molecule has 0 bridgehead atoms. The van der Waals surface area contributed by atoms with E-state index in [-0.39, 0.29) is 17.7 Å². The van der Waals surface area contributed by atoms with E-state index < -0.39 is 0 Å². The fourth-order valence-corrected chi connectivity index (χ4v) is 4.98. The van der Waals surface area contributed by atoms with Gasteiger partial charge in [-0.25, -0.2) is 14.1 Å². The van der Waals surface area contributed by atoms with Gasteiger partial charge in [-0.05, 0) is 44.4 Å². The first-order chi connectivity index (χ1) is 19.9. The summed E-state index contributed by atoms with van der Waals surface area (Å²) >= 11 is 0. The van der Waals surface area contributed by atoms with E-state index in [1.165, 1.54) is 10.6 Å². The third-order valence-electron chi connectivity index (χ3n) is 7.23. The van der Waals surface area contributed by atoms with Crippen molar-refractivity contribution >= 4 is 34.2 Å². The van der Waals surface area contributed by atoms with Crippen LogP contribution in [0.2, 0.25) is 0 Å². The van der Waals surface area contributed by atoms with Crippen LogP contribution in [-0.4, -0.2) is 105 Å². The molecule has 14 heteroatoms. The minimum Gasteiger partial charge on any atom is -0.461 e. The van der Waals surface area contributed by atoms with Gasteiger partial charge in [-0.15, -0.1) is 5.10 Å². The number of nitrogens with zero attached hydrogens (tertiary/aromatic N) is 9. The van der Waals surface area contributed by atoms with Crippen LogP contribution in [-0.2, 0) is 6.54 Å². The fraction of sp³-hybridized carbons (Fsp3) is 0.370. The van der Waals surface area contributed by atoms with Crippen LogP contribution in [0.4, 0.5) is 16.0 Å². The van der Waals surface area contributed by atoms with Crippen LogP contribution in [0.25, 0.3) is 28.3 Å². The Morgan fingerprint density at radius 3 is 2.68 bits per heavy atom. The third-order valence-corrected chi connectivity index (χ3v) is 7.23. The van der Waals surface area contributed by atoms with Crippen molar-refractivity contribution in [3.8, 4) is 11.6 Å². The van der Waals surface area contributed by atoms with E-state index in [2.05, 4.69) is 30.4 Å². The molecular formula is C27H32FN11O2. The van der Waals surface area contributed by atoms with Gasteiger partial charge in [0.1, 0.15) is 5.82 Å². The lowest BCUT2D eigenvalue weighted by Gasteiger charge is -2.36. The summed E-state index contributed by atoms with van der Waals surface area (Å²) in [5, 5.41) is 12.5. The number of furan rings is 1. The van der Waals surface area contributed by atoms with Crippen LogP contribution in [0.3, 0.4) is 0 Å². The Hall–Kier alpha value is -4.56. The summed E-state index contributed by atoms with van der Waals surface area (Å²) in [6.07, 6.45) is 3.29. The predicted molar refractivity (Wildman–Crippen MR) is 152 cm³/mol. The van der Waals surface area contributed by atoms with Crippen molar-refractivity contribution < 1.29 is 13.6 Å². The summed E-state index contributed by atoms with van der Waals surface area (Å²) < 4.78 is 23.7. The number of nitrogens with two attached hydrogens (primary N) is 1. The molecule has 0 aliphatic carbocycles. The molecule has 1 fully saturated rings. The van der Waals surface area contributed by atoms with Gasteiger partial charge < -0.3 is 25.3 Å². The van der Waals surface area contributed by atoms with Crippen molar-refractivity contribution in [3.05, 3.63) is 54.2 Å². The zero-order chi connectivity index (χ0) is 28.5. The SMILES string of the molecule is CN(C)CCNC(=O)c1ccc(N2CCN(CCn3ncc4c3nc(N)n3nc(-c5ccco5)nc43)CC2)c(F)c1. The number of hydrogen-bond acceptors (Lipinski definition) is 10. The van der Waals surface area contributed by atoms with E-state index in [9.17, 15) is 9.18 Å². The first kappa shape index (κ1) is 26.7. The second kappa shape index (κ2) is 11.1. The molecule has 1 aliphatic heterocycles. The first-order valence-corrected chi connectivity index (χ1v) is 13.5. The number of hydrogen-bond donors (Lipinski definition) is 2. The minimum absolute atomic E-state index is 0.215. The van der Waals surface area contributed by atoms with Crippen molar-refractivity contribution in [3.63, 3.8) is 0 Å². The van der Waals surface area contributed by atoms with E-state index >= 15 is 0 Å². The van der Waals surface area contributed by atoms with Gasteiger partial charge in [0.15, 0.2) is 17.1 Å². The zero-order valence-electron chi connectivity index (χ0n) is 23.0. The van der Waals surface area contributed by atoms with Crippen LogP contribution < -0.4 is 16.0 Å².